The Morgan fingerprint density at radius 2 is 2.05 bits per heavy atom. The van der Waals surface area contributed by atoms with Gasteiger partial charge in [-0.3, -0.25) is 0 Å². The molecule has 2 aromatic heterocycles. The lowest BCUT2D eigenvalue weighted by Crippen LogP contribution is -2.10. The first-order valence-electron chi connectivity index (χ1n) is 6.13. The topological polar surface area (TPSA) is 66.0 Å². The predicted octanol–water partition coefficient (Wildman–Crippen LogP) is 2.79. The van der Waals surface area contributed by atoms with Crippen molar-refractivity contribution in [3.63, 3.8) is 0 Å². The van der Waals surface area contributed by atoms with Crippen LogP contribution in [0.3, 0.4) is 0 Å². The standard InChI is InChI=1S/C13H15F3N4O/c1-7(21-3)12-19-10(6-20(12)2)8-4-9(13(14,15)16)11(17)18-5-8/h4-7H,1-3H3,(H2,17,18). The normalized spacial score (nSPS) is 13.4. The Labute approximate surface area is 119 Å². The molecule has 2 rings (SSSR count). The van der Waals surface area contributed by atoms with Crippen LogP contribution in [0.2, 0.25) is 0 Å². The Bertz CT molecular complexity index is 651. The number of methoxy groups -OCH3 is 1. The van der Waals surface area contributed by atoms with E-state index in [-0.39, 0.29) is 11.7 Å². The summed E-state index contributed by atoms with van der Waals surface area (Å²) in [5.74, 6) is 0.0607. The van der Waals surface area contributed by atoms with Crippen molar-refractivity contribution in [2.24, 2.45) is 7.05 Å². The fraction of sp³-hybridized carbons (Fsp3) is 0.385. The zero-order valence-corrected chi connectivity index (χ0v) is 11.8. The van der Waals surface area contributed by atoms with E-state index in [0.29, 0.717) is 11.5 Å². The van der Waals surface area contributed by atoms with E-state index in [1.807, 2.05) is 0 Å². The van der Waals surface area contributed by atoms with Gasteiger partial charge in [-0.1, -0.05) is 0 Å². The minimum absolute atomic E-state index is 0.252. The first-order chi connectivity index (χ1) is 9.74. The molecule has 8 heteroatoms. The molecule has 0 saturated carbocycles. The summed E-state index contributed by atoms with van der Waals surface area (Å²) in [6.07, 6.45) is -1.93. The number of ether oxygens (including phenoxy) is 1. The number of hydrogen-bond donors (Lipinski definition) is 1. The maximum absolute atomic E-state index is 12.8. The summed E-state index contributed by atoms with van der Waals surface area (Å²) in [6.45, 7) is 1.80. The zero-order valence-electron chi connectivity index (χ0n) is 11.8. The van der Waals surface area contributed by atoms with E-state index >= 15 is 0 Å². The SMILES string of the molecule is COC(C)c1nc(-c2cnc(N)c(C(F)(F)F)c2)cn1C. The number of nitrogens with two attached hydrogens (primary N) is 1. The minimum Gasteiger partial charge on any atom is -0.383 e. The van der Waals surface area contributed by atoms with Gasteiger partial charge < -0.3 is 15.0 Å². The summed E-state index contributed by atoms with van der Waals surface area (Å²) in [5.41, 5.74) is 4.95. The van der Waals surface area contributed by atoms with Crippen LogP contribution in [0.15, 0.2) is 18.5 Å². The molecule has 0 fully saturated rings. The Morgan fingerprint density at radius 3 is 2.62 bits per heavy atom. The summed E-state index contributed by atoms with van der Waals surface area (Å²) in [7, 11) is 3.28. The molecule has 1 unspecified atom stereocenters. The number of aryl methyl sites for hydroxylation is 1. The molecule has 0 aliphatic rings. The summed E-state index contributed by atoms with van der Waals surface area (Å²) >= 11 is 0. The second kappa shape index (κ2) is 5.36. The quantitative estimate of drug-likeness (QED) is 0.946. The highest BCUT2D eigenvalue weighted by Gasteiger charge is 2.34. The Balaban J connectivity index is 2.48. The number of anilines is 1. The molecule has 2 aromatic rings. The number of halogens is 3. The third kappa shape index (κ3) is 2.99. The average molecular weight is 300 g/mol. The zero-order chi connectivity index (χ0) is 15.8. The summed E-state index contributed by atoms with van der Waals surface area (Å²) in [5, 5.41) is 0. The van der Waals surface area contributed by atoms with Gasteiger partial charge in [-0.15, -0.1) is 0 Å². The van der Waals surface area contributed by atoms with Gasteiger partial charge in [-0.25, -0.2) is 9.97 Å². The average Bonchev–Trinajstić information content (AvgIpc) is 2.79. The number of nitrogen functional groups attached to an aromatic ring is 1. The molecule has 0 aromatic carbocycles. The van der Waals surface area contributed by atoms with E-state index in [2.05, 4.69) is 9.97 Å². The van der Waals surface area contributed by atoms with Crippen molar-refractivity contribution in [2.45, 2.75) is 19.2 Å². The van der Waals surface area contributed by atoms with Crippen LogP contribution in [0.4, 0.5) is 19.0 Å². The van der Waals surface area contributed by atoms with Crippen molar-refractivity contribution in [1.29, 1.82) is 0 Å². The molecular formula is C13H15F3N4O. The number of rotatable bonds is 3. The maximum atomic E-state index is 12.8. The number of nitrogens with zero attached hydrogens (tertiary/aromatic N) is 3. The molecule has 0 radical (unpaired) electrons. The monoisotopic (exact) mass is 300 g/mol. The van der Waals surface area contributed by atoms with E-state index < -0.39 is 17.6 Å². The highest BCUT2D eigenvalue weighted by molar-refractivity contribution is 5.62. The maximum Gasteiger partial charge on any atom is 0.419 e. The molecule has 1 atom stereocenters. The first kappa shape index (κ1) is 15.3. The van der Waals surface area contributed by atoms with Crippen LogP contribution in [-0.4, -0.2) is 21.6 Å². The molecule has 2 N–H and O–H groups in total. The molecule has 21 heavy (non-hydrogen) atoms. The smallest absolute Gasteiger partial charge is 0.383 e. The molecule has 2 heterocycles. The van der Waals surface area contributed by atoms with Crippen molar-refractivity contribution in [1.82, 2.24) is 14.5 Å². The Hall–Kier alpha value is -2.09. The fourth-order valence-electron chi connectivity index (χ4n) is 1.95. The van der Waals surface area contributed by atoms with Crippen LogP contribution >= 0.6 is 0 Å². The number of hydrogen-bond acceptors (Lipinski definition) is 4. The molecule has 0 bridgehead atoms. The van der Waals surface area contributed by atoms with Crippen molar-refractivity contribution in [3.05, 3.63) is 29.8 Å². The lowest BCUT2D eigenvalue weighted by atomic mass is 10.1. The van der Waals surface area contributed by atoms with Crippen molar-refractivity contribution in [3.8, 4) is 11.3 Å². The van der Waals surface area contributed by atoms with Crippen LogP contribution < -0.4 is 5.73 Å². The van der Waals surface area contributed by atoms with Crippen molar-refractivity contribution < 1.29 is 17.9 Å². The molecule has 0 aliphatic heterocycles. The molecule has 0 amide bonds. The van der Waals surface area contributed by atoms with Gasteiger partial charge in [0.1, 0.15) is 17.7 Å². The van der Waals surface area contributed by atoms with Gasteiger partial charge in [0.05, 0.1) is 11.3 Å². The third-order valence-electron chi connectivity index (χ3n) is 3.15. The second-order valence-corrected chi connectivity index (χ2v) is 4.63. The summed E-state index contributed by atoms with van der Waals surface area (Å²) in [4.78, 5) is 7.90. The minimum atomic E-state index is -4.55. The lowest BCUT2D eigenvalue weighted by molar-refractivity contribution is -0.137. The van der Waals surface area contributed by atoms with Gasteiger partial charge in [0, 0.05) is 32.1 Å². The highest BCUT2D eigenvalue weighted by Crippen LogP contribution is 2.35. The van der Waals surface area contributed by atoms with Crippen LogP contribution in [-0.2, 0) is 18.0 Å². The highest BCUT2D eigenvalue weighted by atomic mass is 19.4. The van der Waals surface area contributed by atoms with E-state index in [4.69, 9.17) is 10.5 Å². The largest absolute Gasteiger partial charge is 0.419 e. The van der Waals surface area contributed by atoms with Gasteiger partial charge in [-0.2, -0.15) is 13.2 Å². The molecule has 0 aliphatic carbocycles. The lowest BCUT2D eigenvalue weighted by Gasteiger charge is -2.10. The van der Waals surface area contributed by atoms with Crippen LogP contribution in [0.1, 0.15) is 24.4 Å². The first-order valence-corrected chi connectivity index (χ1v) is 6.13. The van der Waals surface area contributed by atoms with E-state index in [0.717, 1.165) is 6.07 Å². The van der Waals surface area contributed by atoms with E-state index in [9.17, 15) is 13.2 Å². The predicted molar refractivity (Wildman–Crippen MR) is 71.3 cm³/mol. The van der Waals surface area contributed by atoms with Crippen LogP contribution in [0.5, 0.6) is 0 Å². The molecule has 114 valence electrons. The van der Waals surface area contributed by atoms with E-state index in [1.165, 1.54) is 13.3 Å². The van der Waals surface area contributed by atoms with Gasteiger partial charge in [0.25, 0.3) is 0 Å². The van der Waals surface area contributed by atoms with Gasteiger partial charge >= 0.3 is 6.18 Å². The fourth-order valence-corrected chi connectivity index (χ4v) is 1.95. The van der Waals surface area contributed by atoms with Crippen LogP contribution in [0, 0.1) is 0 Å². The van der Waals surface area contributed by atoms with Gasteiger partial charge in [0.2, 0.25) is 0 Å². The van der Waals surface area contributed by atoms with E-state index in [1.54, 1.807) is 24.7 Å². The summed E-state index contributed by atoms with van der Waals surface area (Å²) in [6, 6.07) is 0.950. The molecule has 5 nitrogen and oxygen atoms in total. The Kier molecular flexibility index (Phi) is 3.91. The number of aromatic nitrogens is 3. The van der Waals surface area contributed by atoms with Gasteiger partial charge in [-0.05, 0) is 13.0 Å². The molecular weight excluding hydrogens is 285 g/mol. The van der Waals surface area contributed by atoms with Crippen LogP contribution in [0.25, 0.3) is 11.3 Å². The van der Waals surface area contributed by atoms with Crippen molar-refractivity contribution in [2.75, 3.05) is 12.8 Å². The third-order valence-corrected chi connectivity index (χ3v) is 3.15. The number of alkyl halides is 3. The molecule has 0 saturated heterocycles. The number of pyridine rings is 1. The van der Waals surface area contributed by atoms with Gasteiger partial charge in [0.15, 0.2) is 0 Å². The summed E-state index contributed by atoms with van der Waals surface area (Å²) < 4.78 is 45.4. The van der Waals surface area contributed by atoms with Crippen molar-refractivity contribution >= 4 is 5.82 Å². The molecule has 0 spiro atoms. The number of imidazole rings is 1. The second-order valence-electron chi connectivity index (χ2n) is 4.63. The Morgan fingerprint density at radius 1 is 1.38 bits per heavy atom.